The van der Waals surface area contributed by atoms with Crippen LogP contribution in [0.5, 0.6) is 0 Å². The molecule has 0 spiro atoms. The molecule has 1 amide bonds. The Kier molecular flexibility index (Phi) is 4.01. The lowest BCUT2D eigenvalue weighted by molar-refractivity contribution is -0.138. The number of hydrogen-bond acceptors (Lipinski definition) is 3. The SMILES string of the molecule is O=CN1C[C@@H]2C[C@@H](c3ccccc3C(F)(F)F)C[C@@H]2C1c1n[nH]c2c1CNC2. The van der Waals surface area contributed by atoms with Crippen molar-refractivity contribution >= 4 is 6.41 Å². The van der Waals surface area contributed by atoms with Crippen LogP contribution in [-0.4, -0.2) is 28.1 Å². The molecule has 1 unspecified atom stereocenters. The number of halogens is 3. The molecule has 2 aliphatic heterocycles. The topological polar surface area (TPSA) is 61.0 Å². The molecule has 2 N–H and O–H groups in total. The van der Waals surface area contributed by atoms with Crippen LogP contribution in [0.1, 0.15) is 52.9 Å². The molecule has 1 aromatic heterocycles. The maximum Gasteiger partial charge on any atom is 0.416 e. The van der Waals surface area contributed by atoms with Crippen LogP contribution in [0.3, 0.4) is 0 Å². The first-order valence-corrected chi connectivity index (χ1v) is 9.61. The highest BCUT2D eigenvalue weighted by molar-refractivity contribution is 5.51. The van der Waals surface area contributed by atoms with Gasteiger partial charge in [-0.3, -0.25) is 9.89 Å². The Labute approximate surface area is 160 Å². The zero-order valence-corrected chi connectivity index (χ0v) is 15.2. The number of aromatic amines is 1. The molecule has 8 heteroatoms. The van der Waals surface area contributed by atoms with E-state index in [0.29, 0.717) is 31.5 Å². The minimum atomic E-state index is -4.35. The van der Waals surface area contributed by atoms with Crippen molar-refractivity contribution in [2.24, 2.45) is 11.8 Å². The van der Waals surface area contributed by atoms with Crippen molar-refractivity contribution in [3.8, 4) is 0 Å². The first-order valence-electron chi connectivity index (χ1n) is 9.61. The number of carbonyl (C=O) groups excluding carboxylic acids is 1. The van der Waals surface area contributed by atoms with E-state index in [9.17, 15) is 18.0 Å². The van der Waals surface area contributed by atoms with Gasteiger partial charge in [0.15, 0.2) is 0 Å². The molecule has 0 radical (unpaired) electrons. The molecular weight excluding hydrogens is 369 g/mol. The Balaban J connectivity index is 1.47. The monoisotopic (exact) mass is 390 g/mol. The highest BCUT2D eigenvalue weighted by Crippen LogP contribution is 2.55. The second-order valence-electron chi connectivity index (χ2n) is 8.09. The van der Waals surface area contributed by atoms with Gasteiger partial charge in [-0.05, 0) is 42.2 Å². The Morgan fingerprint density at radius 2 is 2.00 bits per heavy atom. The third-order valence-corrected chi connectivity index (χ3v) is 6.67. The summed E-state index contributed by atoms with van der Waals surface area (Å²) < 4.78 is 40.4. The molecule has 1 saturated heterocycles. The van der Waals surface area contributed by atoms with Crippen molar-refractivity contribution in [1.29, 1.82) is 0 Å². The molecule has 2 fully saturated rings. The molecule has 1 saturated carbocycles. The summed E-state index contributed by atoms with van der Waals surface area (Å²) in [6, 6.07) is 5.74. The zero-order valence-electron chi connectivity index (χ0n) is 15.2. The number of nitrogens with zero attached hydrogens (tertiary/aromatic N) is 2. The maximum atomic E-state index is 13.5. The summed E-state index contributed by atoms with van der Waals surface area (Å²) in [5.41, 5.74) is 2.88. The minimum absolute atomic E-state index is 0.129. The van der Waals surface area contributed by atoms with Gasteiger partial charge in [-0.25, -0.2) is 0 Å². The third kappa shape index (κ3) is 2.65. The standard InChI is InChI=1S/C20H21F3N4O/c21-20(22,23)16-4-2-1-3-13(16)11-5-12-9-27(10-28)19(14(12)6-11)18-15-7-24-8-17(15)25-26-18/h1-4,10-12,14,19,24H,5-9H2,(H,25,26)/t11-,12+,14+,19?/m1/s1. The first-order chi connectivity index (χ1) is 13.5. The number of alkyl halides is 3. The molecule has 3 heterocycles. The second-order valence-corrected chi connectivity index (χ2v) is 8.09. The van der Waals surface area contributed by atoms with Gasteiger partial charge in [0, 0.05) is 25.2 Å². The van der Waals surface area contributed by atoms with Crippen molar-refractivity contribution in [2.75, 3.05) is 6.54 Å². The van der Waals surface area contributed by atoms with Gasteiger partial charge in [0.2, 0.25) is 6.41 Å². The summed E-state index contributed by atoms with van der Waals surface area (Å²) in [7, 11) is 0. The van der Waals surface area contributed by atoms with Crippen LogP contribution in [0, 0.1) is 11.8 Å². The predicted molar refractivity (Wildman–Crippen MR) is 95.0 cm³/mol. The number of hydrogen-bond donors (Lipinski definition) is 2. The number of fused-ring (bicyclic) bond motifs is 2. The van der Waals surface area contributed by atoms with Crippen molar-refractivity contribution in [2.45, 2.75) is 44.1 Å². The summed E-state index contributed by atoms with van der Waals surface area (Å²) in [6.07, 6.45) is -2.17. The number of aromatic nitrogens is 2. The first kappa shape index (κ1) is 17.7. The summed E-state index contributed by atoms with van der Waals surface area (Å²) in [6.45, 7) is 2.02. The minimum Gasteiger partial charge on any atom is -0.336 e. The van der Waals surface area contributed by atoms with E-state index in [0.717, 1.165) is 29.9 Å². The lowest BCUT2D eigenvalue weighted by atomic mass is 9.88. The van der Waals surface area contributed by atoms with Crippen LogP contribution in [0.25, 0.3) is 0 Å². The van der Waals surface area contributed by atoms with Crippen LogP contribution in [0.15, 0.2) is 24.3 Å². The van der Waals surface area contributed by atoms with Gasteiger partial charge < -0.3 is 10.2 Å². The maximum absolute atomic E-state index is 13.5. The third-order valence-electron chi connectivity index (χ3n) is 6.67. The molecule has 3 aliphatic rings. The molecule has 5 nitrogen and oxygen atoms in total. The Morgan fingerprint density at radius 1 is 1.18 bits per heavy atom. The van der Waals surface area contributed by atoms with Gasteiger partial charge in [-0.15, -0.1) is 0 Å². The van der Waals surface area contributed by atoms with E-state index in [-0.39, 0.29) is 23.8 Å². The summed E-state index contributed by atoms with van der Waals surface area (Å²) in [5, 5.41) is 10.8. The van der Waals surface area contributed by atoms with Crippen LogP contribution >= 0.6 is 0 Å². The number of carbonyl (C=O) groups is 1. The van der Waals surface area contributed by atoms with E-state index in [2.05, 4.69) is 15.5 Å². The van der Waals surface area contributed by atoms with Crippen molar-refractivity contribution < 1.29 is 18.0 Å². The molecule has 28 heavy (non-hydrogen) atoms. The van der Waals surface area contributed by atoms with Crippen molar-refractivity contribution in [3.05, 3.63) is 52.3 Å². The van der Waals surface area contributed by atoms with Gasteiger partial charge in [-0.2, -0.15) is 18.3 Å². The van der Waals surface area contributed by atoms with Gasteiger partial charge in [0.25, 0.3) is 0 Å². The Morgan fingerprint density at radius 3 is 2.79 bits per heavy atom. The average molecular weight is 390 g/mol. The number of nitrogens with one attached hydrogen (secondary N) is 2. The molecular formula is C20H21F3N4O. The number of H-pyrrole nitrogens is 1. The fourth-order valence-corrected chi connectivity index (χ4v) is 5.54. The van der Waals surface area contributed by atoms with E-state index in [4.69, 9.17) is 0 Å². The number of benzene rings is 1. The number of rotatable bonds is 3. The van der Waals surface area contributed by atoms with Crippen LogP contribution in [-0.2, 0) is 24.1 Å². The largest absolute Gasteiger partial charge is 0.416 e. The molecule has 4 atom stereocenters. The fraction of sp³-hybridized carbons (Fsp3) is 0.500. The second kappa shape index (κ2) is 6.34. The number of amides is 1. The highest BCUT2D eigenvalue weighted by Gasteiger charge is 2.50. The molecule has 5 rings (SSSR count). The average Bonchev–Trinajstić information content (AvgIpc) is 3.41. The summed E-state index contributed by atoms with van der Waals surface area (Å²) in [5.74, 6) is 0.182. The van der Waals surface area contributed by atoms with Crippen molar-refractivity contribution in [3.63, 3.8) is 0 Å². The van der Waals surface area contributed by atoms with Crippen LogP contribution in [0.2, 0.25) is 0 Å². The smallest absolute Gasteiger partial charge is 0.336 e. The van der Waals surface area contributed by atoms with Gasteiger partial charge in [-0.1, -0.05) is 18.2 Å². The van der Waals surface area contributed by atoms with E-state index in [1.54, 1.807) is 17.0 Å². The van der Waals surface area contributed by atoms with Gasteiger partial charge in [0.1, 0.15) is 0 Å². The Bertz CT molecular complexity index is 909. The summed E-state index contributed by atoms with van der Waals surface area (Å²) >= 11 is 0. The normalized spacial score (nSPS) is 29.2. The van der Waals surface area contributed by atoms with E-state index < -0.39 is 11.7 Å². The highest BCUT2D eigenvalue weighted by atomic mass is 19.4. The van der Waals surface area contributed by atoms with E-state index in [1.807, 2.05) is 0 Å². The van der Waals surface area contributed by atoms with Crippen molar-refractivity contribution in [1.82, 2.24) is 20.4 Å². The van der Waals surface area contributed by atoms with E-state index >= 15 is 0 Å². The lowest BCUT2D eigenvalue weighted by Gasteiger charge is -2.25. The van der Waals surface area contributed by atoms with Gasteiger partial charge in [0.05, 0.1) is 23.0 Å². The number of likely N-dealkylation sites (tertiary alicyclic amines) is 1. The van der Waals surface area contributed by atoms with E-state index in [1.165, 1.54) is 12.1 Å². The Hall–Kier alpha value is -2.35. The molecule has 148 valence electrons. The molecule has 2 aromatic rings. The quantitative estimate of drug-likeness (QED) is 0.791. The molecule has 0 bridgehead atoms. The molecule has 1 aliphatic carbocycles. The zero-order chi connectivity index (χ0) is 19.5. The predicted octanol–water partition coefficient (Wildman–Crippen LogP) is 3.35. The fourth-order valence-electron chi connectivity index (χ4n) is 5.54. The summed E-state index contributed by atoms with van der Waals surface area (Å²) in [4.78, 5) is 13.5. The molecule has 1 aromatic carbocycles. The van der Waals surface area contributed by atoms with Gasteiger partial charge >= 0.3 is 6.18 Å². The van der Waals surface area contributed by atoms with Crippen LogP contribution < -0.4 is 5.32 Å². The lowest BCUT2D eigenvalue weighted by Crippen LogP contribution is -2.26. The van der Waals surface area contributed by atoms with Crippen LogP contribution in [0.4, 0.5) is 13.2 Å².